The van der Waals surface area contributed by atoms with Crippen molar-refractivity contribution >= 4 is 57.5 Å². The molecule has 2 aromatic heterocycles. The number of rotatable bonds is 9. The fourth-order valence-corrected chi connectivity index (χ4v) is 6.69. The lowest BCUT2D eigenvalue weighted by Gasteiger charge is -2.43. The van der Waals surface area contributed by atoms with Crippen LogP contribution in [0.3, 0.4) is 0 Å². The maximum Gasteiger partial charge on any atom is 0.229 e. The number of nitrogens with zero attached hydrogens (tertiary/aromatic N) is 9. The predicted molar refractivity (Wildman–Crippen MR) is 185 cm³/mol. The Kier molecular flexibility index (Phi) is 9.49. The Balaban J connectivity index is 1.19. The number of likely N-dealkylation sites (N-methyl/N-ethyl adjacent to an activating group) is 1. The van der Waals surface area contributed by atoms with E-state index in [1.807, 2.05) is 29.7 Å². The van der Waals surface area contributed by atoms with Crippen molar-refractivity contribution in [1.82, 2.24) is 29.7 Å². The number of anilines is 6. The first-order valence-electron chi connectivity index (χ1n) is 15.6. The Morgan fingerprint density at radius 2 is 1.78 bits per heavy atom. The summed E-state index contributed by atoms with van der Waals surface area (Å²) in [4.78, 5) is 25.9. The average Bonchev–Trinajstić information content (AvgIpc) is 3.08. The molecule has 0 bridgehead atoms. The van der Waals surface area contributed by atoms with E-state index in [1.54, 1.807) is 30.5 Å². The van der Waals surface area contributed by atoms with Crippen molar-refractivity contribution in [3.05, 3.63) is 60.0 Å². The average molecular weight is 624 g/mol. The van der Waals surface area contributed by atoms with Crippen molar-refractivity contribution in [2.45, 2.75) is 32.2 Å². The van der Waals surface area contributed by atoms with Gasteiger partial charge in [0.05, 0.1) is 23.1 Å². The van der Waals surface area contributed by atoms with Gasteiger partial charge >= 0.3 is 0 Å². The van der Waals surface area contributed by atoms with Gasteiger partial charge in [0, 0.05) is 82.4 Å². The van der Waals surface area contributed by atoms with Gasteiger partial charge in [0.2, 0.25) is 5.95 Å². The minimum absolute atomic E-state index is 0.349. The normalized spacial score (nSPS) is 16.5. The minimum Gasteiger partial charge on any atom is -0.371 e. The second-order valence-corrected chi connectivity index (χ2v) is 12.6. The third kappa shape index (κ3) is 6.76. The number of hydrogen-bond acceptors (Lipinski definition) is 12. The zero-order valence-electron chi connectivity index (χ0n) is 26.5. The molecule has 2 aliphatic rings. The van der Waals surface area contributed by atoms with Gasteiger partial charge in [-0.05, 0) is 62.2 Å². The van der Waals surface area contributed by atoms with Crippen LogP contribution in [0, 0.1) is 11.3 Å². The number of piperidine rings is 1. The van der Waals surface area contributed by atoms with E-state index >= 15 is 0 Å². The molecule has 45 heavy (non-hydrogen) atoms. The van der Waals surface area contributed by atoms with Crippen molar-refractivity contribution in [2.75, 3.05) is 79.5 Å². The van der Waals surface area contributed by atoms with Crippen LogP contribution in [0.15, 0.2) is 48.9 Å². The van der Waals surface area contributed by atoms with E-state index in [2.05, 4.69) is 78.5 Å². The van der Waals surface area contributed by atoms with Crippen molar-refractivity contribution < 1.29 is 0 Å². The third-order valence-electron chi connectivity index (χ3n) is 8.94. The fraction of sp³-hybridized carbons (Fsp3) is 0.424. The molecule has 0 atom stereocenters. The fourth-order valence-electron chi connectivity index (χ4n) is 6.32. The Bertz CT molecular complexity index is 1670. The van der Waals surface area contributed by atoms with Crippen LogP contribution >= 0.6 is 11.9 Å². The number of benzene rings is 2. The van der Waals surface area contributed by atoms with Gasteiger partial charge in [-0.15, -0.1) is 0 Å². The number of fused-ring (bicyclic) bond motifs is 1. The van der Waals surface area contributed by atoms with Crippen molar-refractivity contribution in [3.8, 4) is 6.07 Å². The minimum atomic E-state index is 0.349. The van der Waals surface area contributed by atoms with Gasteiger partial charge < -0.3 is 24.7 Å². The highest BCUT2D eigenvalue weighted by Gasteiger charge is 2.27. The first kappa shape index (κ1) is 30.8. The van der Waals surface area contributed by atoms with Gasteiger partial charge in [-0.2, -0.15) is 10.2 Å². The van der Waals surface area contributed by atoms with E-state index in [1.165, 1.54) is 50.3 Å². The largest absolute Gasteiger partial charge is 0.371 e. The molecule has 2 fully saturated rings. The zero-order valence-corrected chi connectivity index (χ0v) is 27.3. The van der Waals surface area contributed by atoms with Gasteiger partial charge in [0.15, 0.2) is 5.82 Å². The molecule has 12 heteroatoms. The Hall–Kier alpha value is -4.18. The molecule has 0 unspecified atom stereocenters. The van der Waals surface area contributed by atoms with E-state index in [-0.39, 0.29) is 0 Å². The number of nitrogens with one attached hydrogen (secondary N) is 2. The van der Waals surface area contributed by atoms with E-state index in [4.69, 9.17) is 4.98 Å². The second kappa shape index (κ2) is 13.9. The molecule has 0 aliphatic carbocycles. The molecule has 0 radical (unpaired) electrons. The molecule has 2 aliphatic heterocycles. The number of nitriles is 1. The van der Waals surface area contributed by atoms with Gasteiger partial charge in [-0.25, -0.2) is 4.98 Å². The molecule has 0 amide bonds. The first-order chi connectivity index (χ1) is 22.0. The van der Waals surface area contributed by atoms with Gasteiger partial charge in [0.25, 0.3) is 0 Å². The lowest BCUT2D eigenvalue weighted by Crippen LogP contribution is -2.52. The molecule has 4 aromatic rings. The Morgan fingerprint density at radius 1 is 1.00 bits per heavy atom. The highest BCUT2D eigenvalue weighted by Crippen LogP contribution is 2.37. The van der Waals surface area contributed by atoms with Crippen molar-refractivity contribution in [2.24, 2.45) is 0 Å². The molecule has 6 rings (SSSR count). The summed E-state index contributed by atoms with van der Waals surface area (Å²) in [7, 11) is 4.19. The molecule has 2 N–H and O–H groups in total. The monoisotopic (exact) mass is 623 g/mol. The van der Waals surface area contributed by atoms with E-state index in [9.17, 15) is 5.26 Å². The maximum absolute atomic E-state index is 9.86. The molecular formula is C33H41N11S. The SMILES string of the molecule is CCc1cc(Nc2ncc(C#N)c(Nc3ccc4nccnc4c3N(C)SC)n2)ccc1N1CCC(N2CCN(C)CC2)CC1. The van der Waals surface area contributed by atoms with Gasteiger partial charge in [0.1, 0.15) is 17.1 Å². The predicted octanol–water partition coefficient (Wildman–Crippen LogP) is 5.27. The molecule has 0 spiro atoms. The van der Waals surface area contributed by atoms with Crippen LogP contribution in [-0.2, 0) is 6.42 Å². The lowest BCUT2D eigenvalue weighted by atomic mass is 10.00. The standard InChI is InChI=1S/C33H41N11S/c1-5-23-20-25(6-9-29(23)44-14-10-26(11-15-44)43-18-16-41(2)17-19-43)38-33-37-22-24(21-34)32(40-33)39-28-8-7-27-30(36-13-12-35-27)31(28)42(3)45-4/h6-9,12-13,20,22,26H,5,10-11,14-19H2,1-4H3,(H2,37,38,39,40). The van der Waals surface area contributed by atoms with E-state index in [0.29, 0.717) is 23.4 Å². The van der Waals surface area contributed by atoms with Crippen LogP contribution < -0.4 is 19.8 Å². The van der Waals surface area contributed by atoms with Gasteiger partial charge in [-0.3, -0.25) is 14.9 Å². The number of hydrogen-bond donors (Lipinski definition) is 2. The third-order valence-corrected chi connectivity index (χ3v) is 9.67. The van der Waals surface area contributed by atoms with E-state index < -0.39 is 0 Å². The van der Waals surface area contributed by atoms with Crippen LogP contribution in [0.1, 0.15) is 30.9 Å². The van der Waals surface area contributed by atoms with E-state index in [0.717, 1.165) is 47.6 Å². The topological polar surface area (TPSA) is 112 Å². The van der Waals surface area contributed by atoms with Crippen LogP contribution in [0.5, 0.6) is 0 Å². The summed E-state index contributed by atoms with van der Waals surface area (Å²) in [6.07, 6.45) is 10.3. The zero-order chi connectivity index (χ0) is 31.3. The summed E-state index contributed by atoms with van der Waals surface area (Å²) in [6, 6.07) is 13.3. The summed E-state index contributed by atoms with van der Waals surface area (Å²) in [5.41, 5.74) is 7.07. The number of piperazine rings is 1. The highest BCUT2D eigenvalue weighted by atomic mass is 32.2. The van der Waals surface area contributed by atoms with Gasteiger partial charge in [-0.1, -0.05) is 18.9 Å². The molecular weight excluding hydrogens is 583 g/mol. The molecule has 4 heterocycles. The number of aromatic nitrogens is 4. The smallest absolute Gasteiger partial charge is 0.229 e. The molecule has 2 saturated heterocycles. The molecule has 0 saturated carbocycles. The van der Waals surface area contributed by atoms with Crippen LogP contribution in [0.25, 0.3) is 11.0 Å². The van der Waals surface area contributed by atoms with Crippen molar-refractivity contribution in [1.29, 1.82) is 5.26 Å². The summed E-state index contributed by atoms with van der Waals surface area (Å²) >= 11 is 1.56. The molecule has 234 valence electrons. The maximum atomic E-state index is 9.86. The second-order valence-electron chi connectivity index (χ2n) is 11.6. The Labute approximate surface area is 269 Å². The Morgan fingerprint density at radius 3 is 2.51 bits per heavy atom. The summed E-state index contributed by atoms with van der Waals surface area (Å²) in [5.74, 6) is 0.837. The molecule has 2 aromatic carbocycles. The molecule has 11 nitrogen and oxygen atoms in total. The highest BCUT2D eigenvalue weighted by molar-refractivity contribution is 7.99. The van der Waals surface area contributed by atoms with Crippen LogP contribution in [0.2, 0.25) is 0 Å². The van der Waals surface area contributed by atoms with Crippen LogP contribution in [-0.4, -0.2) is 95.4 Å². The summed E-state index contributed by atoms with van der Waals surface area (Å²) < 4.78 is 2.02. The van der Waals surface area contributed by atoms with Crippen molar-refractivity contribution in [3.63, 3.8) is 0 Å². The first-order valence-corrected chi connectivity index (χ1v) is 16.8. The van der Waals surface area contributed by atoms with Crippen LogP contribution in [0.4, 0.5) is 34.5 Å². The quantitative estimate of drug-likeness (QED) is 0.237. The summed E-state index contributed by atoms with van der Waals surface area (Å²) in [6.45, 7) is 9.08. The number of aryl methyl sites for hydroxylation is 1. The lowest BCUT2D eigenvalue weighted by molar-refractivity contribution is 0.0982. The summed E-state index contributed by atoms with van der Waals surface area (Å²) in [5, 5.41) is 16.6.